The Bertz CT molecular complexity index is 510. The number of aliphatic hydroxyl groups is 1. The Kier molecular flexibility index (Phi) is 4.81. The highest BCUT2D eigenvalue weighted by Gasteiger charge is 2.31. The maximum atomic E-state index is 12.1. The van der Waals surface area contributed by atoms with Crippen molar-refractivity contribution in [3.8, 4) is 5.75 Å². The second-order valence-electron chi connectivity index (χ2n) is 6.47. The van der Waals surface area contributed by atoms with Crippen LogP contribution < -0.4 is 4.90 Å². The molecule has 1 fully saturated rings. The molecule has 1 aromatic carbocycles. The smallest absolute Gasteiger partial charge is 0.410 e. The highest BCUT2D eigenvalue weighted by molar-refractivity contribution is 5.69. The first-order valence-electron chi connectivity index (χ1n) is 7.44. The monoisotopic (exact) mass is 308 g/mol. The molecular formula is C16H24N2O4. The minimum Gasteiger partial charge on any atom is -0.508 e. The van der Waals surface area contributed by atoms with Gasteiger partial charge < -0.3 is 24.7 Å². The second-order valence-corrected chi connectivity index (χ2v) is 6.47. The maximum absolute atomic E-state index is 12.1. The van der Waals surface area contributed by atoms with E-state index in [1.807, 2.05) is 25.7 Å². The van der Waals surface area contributed by atoms with Crippen LogP contribution in [0.3, 0.4) is 0 Å². The SMILES string of the molecule is CC(C)(C)OC(=O)N1CCN(c2ccc(O)cc2)[C@@H](CO)C1. The molecule has 122 valence electrons. The lowest BCUT2D eigenvalue weighted by molar-refractivity contribution is 0.0197. The van der Waals surface area contributed by atoms with E-state index in [4.69, 9.17) is 4.74 Å². The van der Waals surface area contributed by atoms with Gasteiger partial charge in [0.2, 0.25) is 0 Å². The molecule has 1 aliphatic heterocycles. The molecule has 0 bridgehead atoms. The number of ether oxygens (including phenoxy) is 1. The number of hydrogen-bond acceptors (Lipinski definition) is 5. The van der Waals surface area contributed by atoms with Crippen molar-refractivity contribution < 1.29 is 19.7 Å². The van der Waals surface area contributed by atoms with Crippen molar-refractivity contribution in [3.63, 3.8) is 0 Å². The lowest BCUT2D eigenvalue weighted by Gasteiger charge is -2.42. The van der Waals surface area contributed by atoms with E-state index < -0.39 is 5.60 Å². The molecule has 1 saturated heterocycles. The molecule has 1 aliphatic rings. The zero-order valence-electron chi connectivity index (χ0n) is 13.3. The zero-order valence-corrected chi connectivity index (χ0v) is 13.3. The fourth-order valence-corrected chi connectivity index (χ4v) is 2.49. The number of rotatable bonds is 2. The molecule has 0 radical (unpaired) electrons. The first kappa shape index (κ1) is 16.4. The minimum atomic E-state index is -0.528. The first-order chi connectivity index (χ1) is 10.3. The molecule has 0 saturated carbocycles. The van der Waals surface area contributed by atoms with E-state index in [9.17, 15) is 15.0 Å². The van der Waals surface area contributed by atoms with Gasteiger partial charge >= 0.3 is 6.09 Å². The van der Waals surface area contributed by atoms with E-state index in [0.717, 1.165) is 5.69 Å². The van der Waals surface area contributed by atoms with Crippen LogP contribution in [0.1, 0.15) is 20.8 Å². The van der Waals surface area contributed by atoms with Crippen LogP contribution >= 0.6 is 0 Å². The number of piperazine rings is 1. The molecule has 1 atom stereocenters. The van der Waals surface area contributed by atoms with Crippen molar-refractivity contribution in [1.29, 1.82) is 0 Å². The number of phenols is 1. The Hall–Kier alpha value is -1.95. The summed E-state index contributed by atoms with van der Waals surface area (Å²) < 4.78 is 5.38. The Labute approximate surface area is 130 Å². The predicted molar refractivity (Wildman–Crippen MR) is 84.1 cm³/mol. The Morgan fingerprint density at radius 3 is 2.45 bits per heavy atom. The molecule has 2 N–H and O–H groups in total. The molecular weight excluding hydrogens is 284 g/mol. The maximum Gasteiger partial charge on any atom is 0.410 e. The summed E-state index contributed by atoms with van der Waals surface area (Å²) in [5, 5.41) is 19.0. The summed E-state index contributed by atoms with van der Waals surface area (Å²) in [5.41, 5.74) is 0.389. The fourth-order valence-electron chi connectivity index (χ4n) is 2.49. The number of nitrogens with zero attached hydrogens (tertiary/aromatic N) is 2. The number of anilines is 1. The highest BCUT2D eigenvalue weighted by Crippen LogP contribution is 2.23. The van der Waals surface area contributed by atoms with Crippen molar-refractivity contribution >= 4 is 11.8 Å². The molecule has 6 nitrogen and oxygen atoms in total. The van der Waals surface area contributed by atoms with Crippen LogP contribution in [-0.2, 0) is 4.74 Å². The summed E-state index contributed by atoms with van der Waals surface area (Å²) in [4.78, 5) is 15.8. The number of aromatic hydroxyl groups is 1. The fraction of sp³-hybridized carbons (Fsp3) is 0.562. The van der Waals surface area contributed by atoms with Crippen LogP contribution in [0.4, 0.5) is 10.5 Å². The number of benzene rings is 1. The summed E-state index contributed by atoms with van der Waals surface area (Å²) in [6.07, 6.45) is -0.351. The van der Waals surface area contributed by atoms with Gasteiger partial charge in [-0.3, -0.25) is 0 Å². The van der Waals surface area contributed by atoms with Gasteiger partial charge in [0.1, 0.15) is 11.4 Å². The van der Waals surface area contributed by atoms with E-state index in [-0.39, 0.29) is 24.5 Å². The van der Waals surface area contributed by atoms with Gasteiger partial charge in [-0.15, -0.1) is 0 Å². The number of carbonyl (C=O) groups is 1. The van der Waals surface area contributed by atoms with Crippen LogP contribution in [0.15, 0.2) is 24.3 Å². The van der Waals surface area contributed by atoms with E-state index in [1.54, 1.807) is 29.2 Å². The topological polar surface area (TPSA) is 73.2 Å². The van der Waals surface area contributed by atoms with Crippen molar-refractivity contribution in [2.75, 3.05) is 31.1 Å². The number of carbonyl (C=O) groups excluding carboxylic acids is 1. The molecule has 1 amide bonds. The minimum absolute atomic E-state index is 0.0554. The Morgan fingerprint density at radius 1 is 1.27 bits per heavy atom. The molecule has 1 heterocycles. The molecule has 0 aromatic heterocycles. The molecule has 0 unspecified atom stereocenters. The molecule has 1 aromatic rings. The van der Waals surface area contributed by atoms with Gasteiger partial charge in [-0.05, 0) is 45.0 Å². The molecule has 0 aliphatic carbocycles. The van der Waals surface area contributed by atoms with Gasteiger partial charge in [0.25, 0.3) is 0 Å². The lowest BCUT2D eigenvalue weighted by atomic mass is 10.1. The van der Waals surface area contributed by atoms with Gasteiger partial charge in [0, 0.05) is 25.3 Å². The summed E-state index contributed by atoms with van der Waals surface area (Å²) >= 11 is 0. The van der Waals surface area contributed by atoms with Crippen molar-refractivity contribution in [2.24, 2.45) is 0 Å². The third-order valence-corrected chi connectivity index (χ3v) is 3.53. The van der Waals surface area contributed by atoms with Gasteiger partial charge in [0.15, 0.2) is 0 Å². The van der Waals surface area contributed by atoms with Crippen molar-refractivity contribution in [1.82, 2.24) is 4.90 Å². The molecule has 0 spiro atoms. The van der Waals surface area contributed by atoms with Gasteiger partial charge in [0.05, 0.1) is 12.6 Å². The Balaban J connectivity index is 2.05. The number of amides is 1. The van der Waals surface area contributed by atoms with E-state index >= 15 is 0 Å². The van der Waals surface area contributed by atoms with E-state index in [1.165, 1.54) is 0 Å². The van der Waals surface area contributed by atoms with Crippen LogP contribution in [0.2, 0.25) is 0 Å². The van der Waals surface area contributed by atoms with Crippen LogP contribution in [0.5, 0.6) is 5.75 Å². The van der Waals surface area contributed by atoms with Gasteiger partial charge in [-0.1, -0.05) is 0 Å². The third kappa shape index (κ3) is 4.04. The number of hydrogen-bond donors (Lipinski definition) is 2. The van der Waals surface area contributed by atoms with Crippen molar-refractivity contribution in [2.45, 2.75) is 32.4 Å². The molecule has 2 rings (SSSR count). The second kappa shape index (κ2) is 6.44. The standard InChI is InChI=1S/C16H24N2O4/c1-16(2,3)22-15(21)17-8-9-18(13(10-17)11-19)12-4-6-14(20)7-5-12/h4-7,13,19-20H,8-11H2,1-3H3/t13-/m1/s1. The van der Waals surface area contributed by atoms with Crippen LogP contribution in [0, 0.1) is 0 Å². The highest BCUT2D eigenvalue weighted by atomic mass is 16.6. The molecule has 6 heteroatoms. The predicted octanol–water partition coefficient (Wildman–Crippen LogP) is 1.81. The van der Waals surface area contributed by atoms with E-state index in [2.05, 4.69) is 0 Å². The van der Waals surface area contributed by atoms with Gasteiger partial charge in [-0.2, -0.15) is 0 Å². The summed E-state index contributed by atoms with van der Waals surface area (Å²) in [6, 6.07) is 6.65. The normalized spacial score (nSPS) is 19.2. The zero-order chi connectivity index (χ0) is 16.3. The summed E-state index contributed by atoms with van der Waals surface area (Å²) in [7, 11) is 0. The quantitative estimate of drug-likeness (QED) is 0.872. The largest absolute Gasteiger partial charge is 0.508 e. The lowest BCUT2D eigenvalue weighted by Crippen LogP contribution is -2.57. The van der Waals surface area contributed by atoms with Gasteiger partial charge in [-0.25, -0.2) is 4.79 Å². The summed E-state index contributed by atoms with van der Waals surface area (Å²) in [5.74, 6) is 0.205. The first-order valence-corrected chi connectivity index (χ1v) is 7.44. The van der Waals surface area contributed by atoms with Crippen LogP contribution in [-0.4, -0.2) is 59.1 Å². The number of aliphatic hydroxyl groups excluding tert-OH is 1. The Morgan fingerprint density at radius 2 is 1.91 bits per heavy atom. The average Bonchev–Trinajstić information content (AvgIpc) is 2.45. The average molecular weight is 308 g/mol. The van der Waals surface area contributed by atoms with Crippen molar-refractivity contribution in [3.05, 3.63) is 24.3 Å². The number of phenolic OH excluding ortho intramolecular Hbond substituents is 1. The van der Waals surface area contributed by atoms with E-state index in [0.29, 0.717) is 19.6 Å². The third-order valence-electron chi connectivity index (χ3n) is 3.53. The van der Waals surface area contributed by atoms with Crippen LogP contribution in [0.25, 0.3) is 0 Å². The molecule has 22 heavy (non-hydrogen) atoms. The summed E-state index contributed by atoms with van der Waals surface area (Å²) in [6.45, 7) is 7.00.